The van der Waals surface area contributed by atoms with Crippen LogP contribution in [-0.2, 0) is 16.1 Å². The van der Waals surface area contributed by atoms with Gasteiger partial charge in [-0.15, -0.1) is 0 Å². The molecular weight excluding hydrogens is 306 g/mol. The lowest BCUT2D eigenvalue weighted by molar-refractivity contribution is -0.139. The van der Waals surface area contributed by atoms with Crippen LogP contribution in [0.1, 0.15) is 31.9 Å². The predicted molar refractivity (Wildman–Crippen MR) is 88.2 cm³/mol. The van der Waals surface area contributed by atoms with Crippen molar-refractivity contribution in [1.29, 1.82) is 0 Å². The third kappa shape index (κ3) is 3.32. The van der Waals surface area contributed by atoms with Crippen LogP contribution in [0.3, 0.4) is 0 Å². The molecular formula is C18H21N3O3. The normalized spacial score (nSPS) is 18.7. The molecule has 0 N–H and O–H groups in total. The first-order valence-electron chi connectivity index (χ1n) is 8.17. The van der Waals surface area contributed by atoms with Gasteiger partial charge >= 0.3 is 5.97 Å². The fourth-order valence-corrected chi connectivity index (χ4v) is 2.95. The Morgan fingerprint density at radius 3 is 2.79 bits per heavy atom. The second-order valence-corrected chi connectivity index (χ2v) is 5.99. The summed E-state index contributed by atoms with van der Waals surface area (Å²) in [6, 6.07) is 9.76. The van der Waals surface area contributed by atoms with Crippen LogP contribution < -0.4 is 4.74 Å². The zero-order valence-corrected chi connectivity index (χ0v) is 13.9. The molecule has 126 valence electrons. The summed E-state index contributed by atoms with van der Waals surface area (Å²) in [5.74, 6) is -0.406. The molecule has 3 rings (SSSR count). The number of hydrogen-bond donors (Lipinski definition) is 0. The average Bonchev–Trinajstić information content (AvgIpc) is 3.21. The van der Waals surface area contributed by atoms with Gasteiger partial charge in [-0.25, -0.2) is 0 Å². The zero-order chi connectivity index (χ0) is 17.1. The molecule has 2 aromatic rings. The van der Waals surface area contributed by atoms with Crippen molar-refractivity contribution in [2.45, 2.75) is 32.9 Å². The summed E-state index contributed by atoms with van der Waals surface area (Å²) in [5, 5.41) is 4.07. The van der Waals surface area contributed by atoms with Crippen molar-refractivity contribution in [2.75, 3.05) is 6.54 Å². The Labute approximate surface area is 141 Å². The highest BCUT2D eigenvalue weighted by Crippen LogP contribution is 2.29. The number of rotatable bonds is 5. The summed E-state index contributed by atoms with van der Waals surface area (Å²) in [6.45, 7) is 5.03. The number of aromatic nitrogens is 2. The maximum absolute atomic E-state index is 12.3. The maximum Gasteiger partial charge on any atom is 0.316 e. The Balaban J connectivity index is 1.64. The SMILES string of the molecule is CCn1cc(OC(=O)C2CC(=O)N(C(C)c3ccccc3)C2)cn1. The Bertz CT molecular complexity index is 726. The summed E-state index contributed by atoms with van der Waals surface area (Å²) in [5.41, 5.74) is 1.06. The molecule has 24 heavy (non-hydrogen) atoms. The molecule has 2 unspecified atom stereocenters. The molecule has 1 amide bonds. The molecule has 6 nitrogen and oxygen atoms in total. The molecule has 1 aliphatic heterocycles. The molecule has 0 spiro atoms. The summed E-state index contributed by atoms with van der Waals surface area (Å²) in [6.07, 6.45) is 3.39. The lowest BCUT2D eigenvalue weighted by Gasteiger charge is -2.25. The van der Waals surface area contributed by atoms with Crippen molar-refractivity contribution >= 4 is 11.9 Å². The second kappa shape index (κ2) is 6.86. The second-order valence-electron chi connectivity index (χ2n) is 5.99. The molecule has 6 heteroatoms. The molecule has 1 aromatic heterocycles. The Hall–Kier alpha value is -2.63. The fraction of sp³-hybridized carbons (Fsp3) is 0.389. The molecule has 1 fully saturated rings. The first-order chi connectivity index (χ1) is 11.6. The van der Waals surface area contributed by atoms with Crippen LogP contribution in [0.15, 0.2) is 42.7 Å². The van der Waals surface area contributed by atoms with E-state index in [4.69, 9.17) is 4.74 Å². The monoisotopic (exact) mass is 327 g/mol. The van der Waals surface area contributed by atoms with E-state index < -0.39 is 5.92 Å². The first kappa shape index (κ1) is 16.2. The predicted octanol–water partition coefficient (Wildman–Crippen LogP) is 2.42. The van der Waals surface area contributed by atoms with Crippen molar-refractivity contribution in [2.24, 2.45) is 5.92 Å². The minimum absolute atomic E-state index is 0.0162. The molecule has 1 aliphatic rings. The van der Waals surface area contributed by atoms with Crippen molar-refractivity contribution in [3.63, 3.8) is 0 Å². The third-order valence-corrected chi connectivity index (χ3v) is 4.39. The molecule has 2 atom stereocenters. The number of carbonyl (C=O) groups excluding carboxylic acids is 2. The van der Waals surface area contributed by atoms with E-state index in [1.165, 1.54) is 6.20 Å². The van der Waals surface area contributed by atoms with E-state index in [1.54, 1.807) is 15.8 Å². The summed E-state index contributed by atoms with van der Waals surface area (Å²) in [7, 11) is 0. The van der Waals surface area contributed by atoms with E-state index >= 15 is 0 Å². The number of benzene rings is 1. The van der Waals surface area contributed by atoms with Crippen LogP contribution in [0.5, 0.6) is 5.75 Å². The fourth-order valence-electron chi connectivity index (χ4n) is 2.95. The highest BCUT2D eigenvalue weighted by molar-refractivity contribution is 5.87. The molecule has 0 saturated carbocycles. The van der Waals surface area contributed by atoms with Gasteiger partial charge < -0.3 is 9.64 Å². The van der Waals surface area contributed by atoms with Crippen LogP contribution in [0, 0.1) is 5.92 Å². The van der Waals surface area contributed by atoms with Crippen LogP contribution in [0.4, 0.5) is 0 Å². The number of amides is 1. The van der Waals surface area contributed by atoms with Crippen LogP contribution in [0.25, 0.3) is 0 Å². The highest BCUT2D eigenvalue weighted by atomic mass is 16.5. The van der Waals surface area contributed by atoms with Gasteiger partial charge in [0.1, 0.15) is 0 Å². The quantitative estimate of drug-likeness (QED) is 0.791. The summed E-state index contributed by atoms with van der Waals surface area (Å²) >= 11 is 0. The first-order valence-corrected chi connectivity index (χ1v) is 8.17. The number of nitrogens with zero attached hydrogens (tertiary/aromatic N) is 3. The lowest BCUT2D eigenvalue weighted by Crippen LogP contribution is -2.30. The van der Waals surface area contributed by atoms with E-state index in [1.807, 2.05) is 44.2 Å². The molecule has 1 aromatic carbocycles. The van der Waals surface area contributed by atoms with Gasteiger partial charge in [0.25, 0.3) is 0 Å². The van der Waals surface area contributed by atoms with E-state index in [9.17, 15) is 9.59 Å². The zero-order valence-electron chi connectivity index (χ0n) is 13.9. The number of hydrogen-bond acceptors (Lipinski definition) is 4. The average molecular weight is 327 g/mol. The number of aryl methyl sites for hydroxylation is 1. The Morgan fingerprint density at radius 1 is 1.38 bits per heavy atom. The topological polar surface area (TPSA) is 64.4 Å². The van der Waals surface area contributed by atoms with Gasteiger partial charge in [-0.05, 0) is 19.4 Å². The van der Waals surface area contributed by atoms with Crippen molar-refractivity contribution in [3.05, 3.63) is 48.3 Å². The van der Waals surface area contributed by atoms with Gasteiger partial charge in [-0.2, -0.15) is 5.10 Å². The number of carbonyl (C=O) groups is 2. The van der Waals surface area contributed by atoms with Crippen molar-refractivity contribution in [3.8, 4) is 5.75 Å². The third-order valence-electron chi connectivity index (χ3n) is 4.39. The van der Waals surface area contributed by atoms with Crippen LogP contribution in [-0.4, -0.2) is 33.1 Å². The van der Waals surface area contributed by atoms with Crippen LogP contribution >= 0.6 is 0 Å². The largest absolute Gasteiger partial charge is 0.423 e. The molecule has 0 radical (unpaired) electrons. The van der Waals surface area contributed by atoms with Gasteiger partial charge in [0.2, 0.25) is 5.91 Å². The van der Waals surface area contributed by atoms with E-state index in [0.29, 0.717) is 18.8 Å². The lowest BCUT2D eigenvalue weighted by atomic mass is 10.1. The molecule has 0 bridgehead atoms. The minimum atomic E-state index is -0.436. The van der Waals surface area contributed by atoms with Gasteiger partial charge in [0, 0.05) is 19.5 Å². The standard InChI is InChI=1S/C18H21N3O3/c1-3-20-12-16(10-19-20)24-18(23)15-9-17(22)21(11-15)13(2)14-7-5-4-6-8-14/h4-8,10,12-13,15H,3,9,11H2,1-2H3. The van der Waals surface area contributed by atoms with E-state index in [-0.39, 0.29) is 24.3 Å². The van der Waals surface area contributed by atoms with E-state index in [0.717, 1.165) is 5.56 Å². The maximum atomic E-state index is 12.3. The van der Waals surface area contributed by atoms with Gasteiger partial charge in [0.05, 0.1) is 24.4 Å². The number of likely N-dealkylation sites (tertiary alicyclic amines) is 1. The van der Waals surface area contributed by atoms with Gasteiger partial charge in [0.15, 0.2) is 5.75 Å². The minimum Gasteiger partial charge on any atom is -0.423 e. The smallest absolute Gasteiger partial charge is 0.316 e. The Morgan fingerprint density at radius 2 is 2.12 bits per heavy atom. The highest BCUT2D eigenvalue weighted by Gasteiger charge is 2.38. The summed E-state index contributed by atoms with van der Waals surface area (Å²) < 4.78 is 7.05. The van der Waals surface area contributed by atoms with Crippen LogP contribution in [0.2, 0.25) is 0 Å². The van der Waals surface area contributed by atoms with E-state index in [2.05, 4.69) is 5.10 Å². The Kier molecular flexibility index (Phi) is 4.64. The number of ether oxygens (including phenoxy) is 1. The molecule has 0 aliphatic carbocycles. The van der Waals surface area contributed by atoms with Crippen molar-refractivity contribution in [1.82, 2.24) is 14.7 Å². The van der Waals surface area contributed by atoms with Gasteiger partial charge in [-0.1, -0.05) is 30.3 Å². The molecule has 1 saturated heterocycles. The number of esters is 1. The van der Waals surface area contributed by atoms with Crippen molar-refractivity contribution < 1.29 is 14.3 Å². The summed E-state index contributed by atoms with van der Waals surface area (Å²) in [4.78, 5) is 26.4. The molecule has 2 heterocycles. The van der Waals surface area contributed by atoms with Gasteiger partial charge in [-0.3, -0.25) is 14.3 Å².